The predicted octanol–water partition coefficient (Wildman–Crippen LogP) is 5.14. The number of hydrogen-bond acceptors (Lipinski definition) is 2. The van der Waals surface area contributed by atoms with Crippen LogP contribution in [0, 0.1) is 13.8 Å². The highest BCUT2D eigenvalue weighted by Gasteiger charge is 2.10. The van der Waals surface area contributed by atoms with E-state index in [4.69, 9.17) is 17.0 Å². The van der Waals surface area contributed by atoms with E-state index in [0.29, 0.717) is 5.11 Å². The molecule has 0 unspecified atom stereocenters. The SMILES string of the molecule is Cc1ccc(C)c([C@@H](C)NC(=S)Nc2cccc(OC(C)C)c2)c1. The summed E-state index contributed by atoms with van der Waals surface area (Å²) in [5, 5.41) is 7.19. The second-order valence-corrected chi connectivity index (χ2v) is 6.78. The van der Waals surface area contributed by atoms with Crippen molar-refractivity contribution in [3.05, 3.63) is 59.2 Å². The van der Waals surface area contributed by atoms with Crippen LogP contribution >= 0.6 is 12.2 Å². The molecule has 0 fully saturated rings. The van der Waals surface area contributed by atoms with Gasteiger partial charge in [-0.1, -0.05) is 29.8 Å². The van der Waals surface area contributed by atoms with Crippen LogP contribution in [0.3, 0.4) is 0 Å². The van der Waals surface area contributed by atoms with E-state index in [9.17, 15) is 0 Å². The Kier molecular flexibility index (Phi) is 6.21. The Morgan fingerprint density at radius 3 is 2.50 bits per heavy atom. The third-order valence-electron chi connectivity index (χ3n) is 3.71. The number of anilines is 1. The van der Waals surface area contributed by atoms with Crippen molar-refractivity contribution in [3.8, 4) is 5.75 Å². The van der Waals surface area contributed by atoms with Gasteiger partial charge in [-0.3, -0.25) is 0 Å². The molecule has 0 saturated heterocycles. The first-order valence-electron chi connectivity index (χ1n) is 8.26. The molecule has 2 rings (SSSR count). The van der Waals surface area contributed by atoms with Gasteiger partial charge < -0.3 is 15.4 Å². The summed E-state index contributed by atoms with van der Waals surface area (Å²) in [4.78, 5) is 0. The van der Waals surface area contributed by atoms with E-state index in [2.05, 4.69) is 49.6 Å². The topological polar surface area (TPSA) is 33.3 Å². The van der Waals surface area contributed by atoms with Gasteiger partial charge in [0.2, 0.25) is 0 Å². The summed E-state index contributed by atoms with van der Waals surface area (Å²) in [6, 6.07) is 14.4. The molecule has 2 aromatic carbocycles. The van der Waals surface area contributed by atoms with Crippen molar-refractivity contribution in [1.82, 2.24) is 5.32 Å². The molecule has 2 aromatic rings. The van der Waals surface area contributed by atoms with E-state index in [1.54, 1.807) is 0 Å². The minimum atomic E-state index is 0.139. The van der Waals surface area contributed by atoms with Crippen LogP contribution in [-0.2, 0) is 0 Å². The Morgan fingerprint density at radius 1 is 1.04 bits per heavy atom. The molecule has 0 heterocycles. The van der Waals surface area contributed by atoms with Crippen LogP contribution in [0.25, 0.3) is 0 Å². The molecule has 0 saturated carbocycles. The fourth-order valence-electron chi connectivity index (χ4n) is 2.59. The molecular weight excluding hydrogens is 316 g/mol. The van der Waals surface area contributed by atoms with Gasteiger partial charge in [-0.2, -0.15) is 0 Å². The zero-order valence-corrected chi connectivity index (χ0v) is 15.8. The molecule has 0 aliphatic rings. The first kappa shape index (κ1) is 18.3. The third-order valence-corrected chi connectivity index (χ3v) is 3.93. The average molecular weight is 343 g/mol. The summed E-state index contributed by atoms with van der Waals surface area (Å²) in [5.74, 6) is 0.834. The summed E-state index contributed by atoms with van der Waals surface area (Å²) in [6.07, 6.45) is 0.148. The van der Waals surface area contributed by atoms with Crippen molar-refractivity contribution in [1.29, 1.82) is 0 Å². The van der Waals surface area contributed by atoms with Gasteiger partial charge in [0.25, 0.3) is 0 Å². The van der Waals surface area contributed by atoms with Gasteiger partial charge in [-0.25, -0.2) is 0 Å². The lowest BCUT2D eigenvalue weighted by Crippen LogP contribution is -2.31. The van der Waals surface area contributed by atoms with Crippen LogP contribution in [0.2, 0.25) is 0 Å². The normalized spacial score (nSPS) is 11.9. The van der Waals surface area contributed by atoms with Crippen LogP contribution in [0.1, 0.15) is 43.5 Å². The molecule has 0 aliphatic carbocycles. The highest BCUT2D eigenvalue weighted by Crippen LogP contribution is 2.21. The summed E-state index contributed by atoms with van der Waals surface area (Å²) < 4.78 is 5.71. The molecule has 0 amide bonds. The Labute approximate surface area is 150 Å². The van der Waals surface area contributed by atoms with E-state index in [-0.39, 0.29) is 12.1 Å². The summed E-state index contributed by atoms with van der Waals surface area (Å²) in [7, 11) is 0. The zero-order chi connectivity index (χ0) is 17.7. The van der Waals surface area contributed by atoms with E-state index in [1.165, 1.54) is 16.7 Å². The molecule has 1 atom stereocenters. The molecular formula is C20H26N2OS. The van der Waals surface area contributed by atoms with Crippen molar-refractivity contribution in [2.45, 2.75) is 46.8 Å². The minimum absolute atomic E-state index is 0.139. The fraction of sp³-hybridized carbons (Fsp3) is 0.350. The number of benzene rings is 2. The smallest absolute Gasteiger partial charge is 0.171 e. The average Bonchev–Trinajstić information content (AvgIpc) is 2.49. The van der Waals surface area contributed by atoms with Gasteiger partial charge in [0.1, 0.15) is 5.75 Å². The fourth-order valence-corrected chi connectivity index (χ4v) is 2.88. The van der Waals surface area contributed by atoms with Crippen LogP contribution in [0.15, 0.2) is 42.5 Å². The van der Waals surface area contributed by atoms with Crippen LogP contribution in [0.5, 0.6) is 5.75 Å². The molecule has 0 aromatic heterocycles. The van der Waals surface area contributed by atoms with Crippen molar-refractivity contribution in [2.75, 3.05) is 5.32 Å². The van der Waals surface area contributed by atoms with Crippen LogP contribution in [-0.4, -0.2) is 11.2 Å². The highest BCUT2D eigenvalue weighted by molar-refractivity contribution is 7.80. The molecule has 0 radical (unpaired) electrons. The lowest BCUT2D eigenvalue weighted by molar-refractivity contribution is 0.242. The van der Waals surface area contributed by atoms with Crippen molar-refractivity contribution >= 4 is 23.0 Å². The number of nitrogens with one attached hydrogen (secondary N) is 2. The molecule has 0 spiro atoms. The monoisotopic (exact) mass is 342 g/mol. The van der Waals surface area contributed by atoms with Gasteiger partial charge in [0, 0.05) is 11.8 Å². The van der Waals surface area contributed by atoms with Crippen molar-refractivity contribution in [2.24, 2.45) is 0 Å². The quantitative estimate of drug-likeness (QED) is 0.737. The van der Waals surface area contributed by atoms with Gasteiger partial charge in [0.05, 0.1) is 12.1 Å². The Hall–Kier alpha value is -2.07. The largest absolute Gasteiger partial charge is 0.491 e. The summed E-state index contributed by atoms with van der Waals surface area (Å²) >= 11 is 5.46. The molecule has 4 heteroatoms. The first-order chi connectivity index (χ1) is 11.3. The minimum Gasteiger partial charge on any atom is -0.491 e. The number of rotatable bonds is 5. The Bertz CT molecular complexity index is 713. The van der Waals surface area contributed by atoms with E-state index in [0.717, 1.165) is 11.4 Å². The van der Waals surface area contributed by atoms with Crippen LogP contribution < -0.4 is 15.4 Å². The van der Waals surface area contributed by atoms with Crippen molar-refractivity contribution in [3.63, 3.8) is 0 Å². The summed E-state index contributed by atoms with van der Waals surface area (Å²) in [5.41, 5.74) is 4.69. The highest BCUT2D eigenvalue weighted by atomic mass is 32.1. The molecule has 2 N–H and O–H groups in total. The Balaban J connectivity index is 2.01. The van der Waals surface area contributed by atoms with Gasteiger partial charge >= 0.3 is 0 Å². The Morgan fingerprint density at radius 2 is 1.79 bits per heavy atom. The maximum Gasteiger partial charge on any atom is 0.171 e. The molecule has 3 nitrogen and oxygen atoms in total. The molecule has 128 valence electrons. The molecule has 0 aliphatic heterocycles. The van der Waals surface area contributed by atoms with E-state index >= 15 is 0 Å². The zero-order valence-electron chi connectivity index (χ0n) is 15.0. The predicted molar refractivity (Wildman–Crippen MR) is 106 cm³/mol. The maximum absolute atomic E-state index is 5.71. The van der Waals surface area contributed by atoms with Gasteiger partial charge in [-0.15, -0.1) is 0 Å². The standard InChI is InChI=1S/C20H26N2OS/c1-13(2)23-18-8-6-7-17(12-18)22-20(24)21-16(5)19-11-14(3)9-10-15(19)4/h6-13,16H,1-5H3,(H2,21,22,24)/t16-/m1/s1. The lowest BCUT2D eigenvalue weighted by Gasteiger charge is -2.20. The molecule has 0 bridgehead atoms. The van der Waals surface area contributed by atoms with E-state index < -0.39 is 0 Å². The number of hydrogen-bond donors (Lipinski definition) is 2. The number of aryl methyl sites for hydroxylation is 2. The third kappa shape index (κ3) is 5.24. The maximum atomic E-state index is 5.71. The van der Waals surface area contributed by atoms with E-state index in [1.807, 2.05) is 38.1 Å². The lowest BCUT2D eigenvalue weighted by atomic mass is 10.0. The van der Waals surface area contributed by atoms with Gasteiger partial charge in [0.15, 0.2) is 5.11 Å². The van der Waals surface area contributed by atoms with Crippen LogP contribution in [0.4, 0.5) is 5.69 Å². The first-order valence-corrected chi connectivity index (χ1v) is 8.67. The molecule has 24 heavy (non-hydrogen) atoms. The second-order valence-electron chi connectivity index (χ2n) is 6.37. The van der Waals surface area contributed by atoms with Crippen molar-refractivity contribution < 1.29 is 4.74 Å². The number of thiocarbonyl (C=S) groups is 1. The second kappa shape index (κ2) is 8.15. The number of ether oxygens (including phenoxy) is 1. The summed E-state index contributed by atoms with van der Waals surface area (Å²) in [6.45, 7) is 10.4. The van der Waals surface area contributed by atoms with Gasteiger partial charge in [-0.05, 0) is 70.1 Å².